The molecule has 1 amide bonds. The third-order valence-corrected chi connectivity index (χ3v) is 4.27. The highest BCUT2D eigenvalue weighted by molar-refractivity contribution is 5.99. The van der Waals surface area contributed by atoms with Gasteiger partial charge in [0.05, 0.1) is 12.3 Å². The van der Waals surface area contributed by atoms with Crippen LogP contribution in [0.4, 0.5) is 5.69 Å². The summed E-state index contributed by atoms with van der Waals surface area (Å²) in [5.41, 5.74) is 2.94. The first-order valence-electron chi connectivity index (χ1n) is 6.80. The molecular formula is C15H17NO3. The minimum Gasteiger partial charge on any atom is -0.481 e. The lowest BCUT2D eigenvalue weighted by atomic mass is 9.75. The number of anilines is 1. The summed E-state index contributed by atoms with van der Waals surface area (Å²) in [7, 11) is 0. The molecule has 2 atom stereocenters. The quantitative estimate of drug-likeness (QED) is 0.857. The third-order valence-electron chi connectivity index (χ3n) is 4.27. The molecular weight excluding hydrogens is 242 g/mol. The number of rotatable bonds is 2. The number of aliphatic carboxylic acids is 1. The van der Waals surface area contributed by atoms with Crippen molar-refractivity contribution in [2.45, 2.75) is 38.0 Å². The molecule has 0 bridgehead atoms. The van der Waals surface area contributed by atoms with E-state index in [9.17, 15) is 14.7 Å². The summed E-state index contributed by atoms with van der Waals surface area (Å²) in [6, 6.07) is 5.89. The Hall–Kier alpha value is -1.84. The number of hydrogen-bond donors (Lipinski definition) is 2. The molecule has 1 aromatic rings. The zero-order valence-corrected chi connectivity index (χ0v) is 10.7. The summed E-state index contributed by atoms with van der Waals surface area (Å²) in [5.74, 6) is -0.867. The monoisotopic (exact) mass is 259 g/mol. The Balaban J connectivity index is 1.91. The van der Waals surface area contributed by atoms with Crippen LogP contribution in [-0.2, 0) is 16.0 Å². The lowest BCUT2D eigenvalue weighted by Gasteiger charge is -2.29. The summed E-state index contributed by atoms with van der Waals surface area (Å²) in [5, 5.41) is 12.1. The number of benzene rings is 1. The number of hydrogen-bond acceptors (Lipinski definition) is 2. The number of carboxylic acid groups (broad SMARTS) is 1. The SMILES string of the molecule is O=C1Cc2cc(C3CCCCC3C(=O)O)ccc2N1. The highest BCUT2D eigenvalue weighted by atomic mass is 16.4. The second-order valence-electron chi connectivity index (χ2n) is 5.48. The van der Waals surface area contributed by atoms with E-state index >= 15 is 0 Å². The van der Waals surface area contributed by atoms with E-state index in [0.717, 1.165) is 42.5 Å². The molecule has 3 rings (SSSR count). The second-order valence-corrected chi connectivity index (χ2v) is 5.48. The van der Waals surface area contributed by atoms with Crippen molar-refractivity contribution in [3.8, 4) is 0 Å². The normalized spacial score (nSPS) is 25.8. The predicted molar refractivity (Wildman–Crippen MR) is 71.1 cm³/mol. The molecule has 2 aliphatic rings. The van der Waals surface area contributed by atoms with Gasteiger partial charge in [-0.25, -0.2) is 0 Å². The van der Waals surface area contributed by atoms with Crippen molar-refractivity contribution >= 4 is 17.6 Å². The van der Waals surface area contributed by atoms with Crippen LogP contribution in [0.2, 0.25) is 0 Å². The first-order valence-corrected chi connectivity index (χ1v) is 6.80. The molecule has 100 valence electrons. The number of nitrogens with one attached hydrogen (secondary N) is 1. The van der Waals surface area contributed by atoms with Crippen molar-refractivity contribution in [3.63, 3.8) is 0 Å². The fourth-order valence-corrected chi connectivity index (χ4v) is 3.31. The molecule has 2 unspecified atom stereocenters. The molecule has 1 aromatic carbocycles. The topological polar surface area (TPSA) is 66.4 Å². The van der Waals surface area contributed by atoms with Gasteiger partial charge in [-0.1, -0.05) is 25.0 Å². The molecule has 2 N–H and O–H groups in total. The Morgan fingerprint density at radius 3 is 2.84 bits per heavy atom. The highest BCUT2D eigenvalue weighted by Gasteiger charge is 2.32. The zero-order valence-electron chi connectivity index (χ0n) is 10.7. The maximum absolute atomic E-state index is 11.4. The van der Waals surface area contributed by atoms with Gasteiger partial charge in [-0.15, -0.1) is 0 Å². The lowest BCUT2D eigenvalue weighted by molar-refractivity contribution is -0.143. The fourth-order valence-electron chi connectivity index (χ4n) is 3.31. The standard InChI is InChI=1S/C15H17NO3/c17-14-8-10-7-9(5-6-13(10)16-14)11-3-1-2-4-12(11)15(18)19/h5-7,11-12H,1-4,8H2,(H,16,17)(H,18,19). The Morgan fingerprint density at radius 2 is 2.05 bits per heavy atom. The number of amides is 1. The van der Waals surface area contributed by atoms with Crippen LogP contribution in [0, 0.1) is 5.92 Å². The fraction of sp³-hybridized carbons (Fsp3) is 0.467. The maximum Gasteiger partial charge on any atom is 0.307 e. The summed E-state index contributed by atoms with van der Waals surface area (Å²) in [6.45, 7) is 0. The lowest BCUT2D eigenvalue weighted by Crippen LogP contribution is -2.25. The van der Waals surface area contributed by atoms with Gasteiger partial charge in [0, 0.05) is 5.69 Å². The van der Waals surface area contributed by atoms with Gasteiger partial charge in [0.2, 0.25) is 5.91 Å². The van der Waals surface area contributed by atoms with Crippen LogP contribution in [0.15, 0.2) is 18.2 Å². The van der Waals surface area contributed by atoms with Gasteiger partial charge in [-0.3, -0.25) is 9.59 Å². The van der Waals surface area contributed by atoms with E-state index in [0.29, 0.717) is 6.42 Å². The van der Waals surface area contributed by atoms with Crippen LogP contribution in [0.25, 0.3) is 0 Å². The smallest absolute Gasteiger partial charge is 0.307 e. The van der Waals surface area contributed by atoms with Crippen molar-refractivity contribution in [2.75, 3.05) is 5.32 Å². The van der Waals surface area contributed by atoms with Gasteiger partial charge in [0.1, 0.15) is 0 Å². The number of carboxylic acids is 1. The van der Waals surface area contributed by atoms with Gasteiger partial charge >= 0.3 is 5.97 Å². The molecule has 19 heavy (non-hydrogen) atoms. The summed E-state index contributed by atoms with van der Waals surface area (Å²) >= 11 is 0. The van der Waals surface area contributed by atoms with E-state index < -0.39 is 5.97 Å². The largest absolute Gasteiger partial charge is 0.481 e. The van der Waals surface area contributed by atoms with E-state index in [1.54, 1.807) is 0 Å². The minimum absolute atomic E-state index is 0.0191. The van der Waals surface area contributed by atoms with Crippen molar-refractivity contribution in [3.05, 3.63) is 29.3 Å². The molecule has 0 spiro atoms. The molecule has 0 saturated heterocycles. The average molecular weight is 259 g/mol. The van der Waals surface area contributed by atoms with Crippen LogP contribution in [0.5, 0.6) is 0 Å². The van der Waals surface area contributed by atoms with Crippen LogP contribution in [0.1, 0.15) is 42.7 Å². The van der Waals surface area contributed by atoms with Gasteiger partial charge in [0.25, 0.3) is 0 Å². The Morgan fingerprint density at radius 1 is 1.26 bits per heavy atom. The van der Waals surface area contributed by atoms with Crippen LogP contribution >= 0.6 is 0 Å². The van der Waals surface area contributed by atoms with Crippen LogP contribution in [-0.4, -0.2) is 17.0 Å². The van der Waals surface area contributed by atoms with Crippen LogP contribution < -0.4 is 5.32 Å². The molecule has 1 fully saturated rings. The van der Waals surface area contributed by atoms with E-state index in [4.69, 9.17) is 0 Å². The highest BCUT2D eigenvalue weighted by Crippen LogP contribution is 2.39. The van der Waals surface area contributed by atoms with E-state index in [-0.39, 0.29) is 17.7 Å². The van der Waals surface area contributed by atoms with E-state index in [1.807, 2.05) is 18.2 Å². The van der Waals surface area contributed by atoms with Crippen molar-refractivity contribution in [1.82, 2.24) is 0 Å². The average Bonchev–Trinajstić information content (AvgIpc) is 2.77. The summed E-state index contributed by atoms with van der Waals surface area (Å²) in [4.78, 5) is 22.7. The molecule has 1 aliphatic carbocycles. The molecule has 4 heteroatoms. The minimum atomic E-state index is -0.695. The molecule has 0 aromatic heterocycles. The first kappa shape index (κ1) is 12.2. The Kier molecular flexibility index (Phi) is 3.01. The van der Waals surface area contributed by atoms with Crippen molar-refractivity contribution < 1.29 is 14.7 Å². The number of fused-ring (bicyclic) bond motifs is 1. The number of carbonyl (C=O) groups is 2. The maximum atomic E-state index is 11.4. The summed E-state index contributed by atoms with van der Waals surface area (Å²) in [6.07, 6.45) is 4.18. The zero-order chi connectivity index (χ0) is 13.4. The second kappa shape index (κ2) is 4.68. The Bertz CT molecular complexity index is 538. The predicted octanol–water partition coefficient (Wildman–Crippen LogP) is 2.54. The van der Waals surface area contributed by atoms with Crippen molar-refractivity contribution in [2.24, 2.45) is 5.92 Å². The first-order chi connectivity index (χ1) is 9.15. The van der Waals surface area contributed by atoms with Gasteiger partial charge in [-0.2, -0.15) is 0 Å². The van der Waals surface area contributed by atoms with Gasteiger partial charge in [-0.05, 0) is 36.0 Å². The molecule has 1 saturated carbocycles. The summed E-state index contributed by atoms with van der Waals surface area (Å²) < 4.78 is 0. The molecule has 1 aliphatic heterocycles. The third kappa shape index (κ3) is 2.23. The number of carbonyl (C=O) groups excluding carboxylic acids is 1. The van der Waals surface area contributed by atoms with Gasteiger partial charge in [0.15, 0.2) is 0 Å². The van der Waals surface area contributed by atoms with Crippen molar-refractivity contribution in [1.29, 1.82) is 0 Å². The van der Waals surface area contributed by atoms with Gasteiger partial charge < -0.3 is 10.4 Å². The molecule has 0 radical (unpaired) electrons. The van der Waals surface area contributed by atoms with Crippen LogP contribution in [0.3, 0.4) is 0 Å². The van der Waals surface area contributed by atoms with E-state index in [1.165, 1.54) is 0 Å². The van der Waals surface area contributed by atoms with E-state index in [2.05, 4.69) is 5.32 Å². The molecule has 1 heterocycles. The Labute approximate surface area is 111 Å². The molecule has 4 nitrogen and oxygen atoms in total.